The minimum absolute atomic E-state index is 0.223. The van der Waals surface area contributed by atoms with Crippen LogP contribution in [-0.4, -0.2) is 58.5 Å². The Morgan fingerprint density at radius 3 is 2.11 bits per heavy atom. The third-order valence-corrected chi connectivity index (χ3v) is 2.24. The van der Waals surface area contributed by atoms with Crippen molar-refractivity contribution in [3.63, 3.8) is 0 Å². The zero-order chi connectivity index (χ0) is 14.7. The van der Waals surface area contributed by atoms with E-state index in [1.54, 1.807) is 0 Å². The van der Waals surface area contributed by atoms with Gasteiger partial charge in [-0.05, 0) is 13.8 Å². The topological polar surface area (TPSA) is 89.9 Å². The van der Waals surface area contributed by atoms with E-state index in [2.05, 4.69) is 0 Å². The van der Waals surface area contributed by atoms with Crippen LogP contribution < -0.4 is 5.32 Å². The average Bonchev–Trinajstić information content (AvgIpc) is 2.13. The fourth-order valence-corrected chi connectivity index (χ4v) is 1.03. The molecule has 6 nitrogen and oxygen atoms in total. The molecule has 0 rings (SSSR count). The second kappa shape index (κ2) is 5.42. The van der Waals surface area contributed by atoms with Crippen LogP contribution in [0.4, 0.5) is 18.0 Å². The number of aliphatic hydroxyl groups is 1. The first-order valence-corrected chi connectivity index (χ1v) is 4.93. The first kappa shape index (κ1) is 16.5. The summed E-state index contributed by atoms with van der Waals surface area (Å²) in [7, 11) is 1.14. The molecule has 0 aliphatic rings. The predicted molar refractivity (Wildman–Crippen MR) is 54.9 cm³/mol. The molecule has 18 heavy (non-hydrogen) atoms. The lowest BCUT2D eigenvalue weighted by Gasteiger charge is -2.31. The second-order valence-electron chi connectivity index (χ2n) is 4.09. The second-order valence-corrected chi connectivity index (χ2v) is 4.09. The minimum Gasteiger partial charge on any atom is -0.479 e. The SMILES string of the molecule is CC(O)CN(C)C(=O)NC(C)(C(=O)O)C(F)(F)F. The number of hydrogen-bond acceptors (Lipinski definition) is 3. The molecule has 2 atom stereocenters. The molecular weight excluding hydrogens is 257 g/mol. The fraction of sp³-hybridized carbons (Fsp3) is 0.778. The summed E-state index contributed by atoms with van der Waals surface area (Å²) in [6.07, 6.45) is -6.08. The number of halogens is 3. The van der Waals surface area contributed by atoms with Crippen molar-refractivity contribution < 1.29 is 33.0 Å². The maximum atomic E-state index is 12.6. The van der Waals surface area contributed by atoms with Crippen LogP contribution in [0.1, 0.15) is 13.8 Å². The maximum Gasteiger partial charge on any atom is 0.422 e. The van der Waals surface area contributed by atoms with Crippen molar-refractivity contribution in [1.29, 1.82) is 0 Å². The van der Waals surface area contributed by atoms with E-state index in [1.807, 2.05) is 0 Å². The predicted octanol–water partition coefficient (Wildman–Crippen LogP) is 0.414. The standard InChI is InChI=1S/C9H15F3N2O4/c1-5(15)4-14(3)7(18)13-8(2,6(16)17)9(10,11)12/h5,15H,4H2,1-3H3,(H,13,18)(H,16,17). The zero-order valence-corrected chi connectivity index (χ0v) is 10.1. The number of alkyl halides is 3. The van der Waals surface area contributed by atoms with Gasteiger partial charge in [0.15, 0.2) is 0 Å². The third-order valence-electron chi connectivity index (χ3n) is 2.24. The summed E-state index contributed by atoms with van der Waals surface area (Å²) >= 11 is 0. The number of amides is 2. The van der Waals surface area contributed by atoms with Gasteiger partial charge in [-0.25, -0.2) is 9.59 Å². The van der Waals surface area contributed by atoms with Gasteiger partial charge in [0.05, 0.1) is 6.10 Å². The van der Waals surface area contributed by atoms with Gasteiger partial charge >= 0.3 is 18.2 Å². The number of aliphatic carboxylic acids is 1. The van der Waals surface area contributed by atoms with Gasteiger partial charge in [-0.2, -0.15) is 13.2 Å². The molecule has 2 unspecified atom stereocenters. The Morgan fingerprint density at radius 2 is 1.83 bits per heavy atom. The highest BCUT2D eigenvalue weighted by Crippen LogP contribution is 2.30. The highest BCUT2D eigenvalue weighted by Gasteiger charge is 2.58. The number of carbonyl (C=O) groups is 2. The van der Waals surface area contributed by atoms with Crippen molar-refractivity contribution in [2.75, 3.05) is 13.6 Å². The average molecular weight is 272 g/mol. The molecule has 2 amide bonds. The Kier molecular flexibility index (Phi) is 4.97. The Balaban J connectivity index is 4.93. The molecule has 3 N–H and O–H groups in total. The van der Waals surface area contributed by atoms with Crippen molar-refractivity contribution in [1.82, 2.24) is 10.2 Å². The van der Waals surface area contributed by atoms with Crippen LogP contribution in [0.25, 0.3) is 0 Å². The molecule has 0 heterocycles. The Labute approximate surface area is 101 Å². The van der Waals surface area contributed by atoms with Crippen LogP contribution in [0.2, 0.25) is 0 Å². The van der Waals surface area contributed by atoms with Crippen LogP contribution in [0.5, 0.6) is 0 Å². The summed E-state index contributed by atoms with van der Waals surface area (Å²) in [5.41, 5.74) is -3.38. The van der Waals surface area contributed by atoms with Crippen molar-refractivity contribution in [3.05, 3.63) is 0 Å². The van der Waals surface area contributed by atoms with Crippen LogP contribution >= 0.6 is 0 Å². The first-order chi connectivity index (χ1) is 7.91. The molecule has 0 fully saturated rings. The van der Waals surface area contributed by atoms with Gasteiger partial charge in [0.25, 0.3) is 0 Å². The van der Waals surface area contributed by atoms with Gasteiger partial charge in [0.2, 0.25) is 5.54 Å². The molecular formula is C9H15F3N2O4. The number of carbonyl (C=O) groups excluding carboxylic acids is 1. The molecule has 0 saturated heterocycles. The molecule has 0 bridgehead atoms. The van der Waals surface area contributed by atoms with E-state index >= 15 is 0 Å². The number of hydrogen-bond donors (Lipinski definition) is 3. The minimum atomic E-state index is -5.14. The quantitative estimate of drug-likeness (QED) is 0.691. The number of rotatable bonds is 4. The van der Waals surface area contributed by atoms with Gasteiger partial charge < -0.3 is 20.4 Å². The lowest BCUT2D eigenvalue weighted by molar-refractivity contribution is -0.203. The number of nitrogens with zero attached hydrogens (tertiary/aromatic N) is 1. The lowest BCUT2D eigenvalue weighted by atomic mass is 10.0. The monoisotopic (exact) mass is 272 g/mol. The lowest BCUT2D eigenvalue weighted by Crippen LogP contribution is -2.64. The van der Waals surface area contributed by atoms with Crippen molar-refractivity contribution in [2.24, 2.45) is 0 Å². The number of nitrogens with one attached hydrogen (secondary N) is 1. The fourth-order valence-electron chi connectivity index (χ4n) is 1.03. The van der Waals surface area contributed by atoms with E-state index in [-0.39, 0.29) is 6.54 Å². The third kappa shape index (κ3) is 3.76. The normalized spacial score (nSPS) is 16.6. The molecule has 0 aromatic rings. The number of likely N-dealkylation sites (N-methyl/N-ethyl adjacent to an activating group) is 1. The van der Waals surface area contributed by atoms with E-state index in [0.29, 0.717) is 6.92 Å². The highest BCUT2D eigenvalue weighted by atomic mass is 19.4. The van der Waals surface area contributed by atoms with Gasteiger partial charge in [-0.3, -0.25) is 0 Å². The van der Waals surface area contributed by atoms with Gasteiger partial charge in [-0.1, -0.05) is 0 Å². The summed E-state index contributed by atoms with van der Waals surface area (Å²) in [5.74, 6) is -2.21. The number of carboxylic acids is 1. The largest absolute Gasteiger partial charge is 0.479 e. The molecule has 9 heteroatoms. The highest BCUT2D eigenvalue weighted by molar-refractivity contribution is 5.86. The van der Waals surface area contributed by atoms with Gasteiger partial charge in [0.1, 0.15) is 0 Å². The molecule has 0 saturated carbocycles. The summed E-state index contributed by atoms with van der Waals surface area (Å²) in [5, 5.41) is 18.9. The molecule has 0 radical (unpaired) electrons. The van der Waals surface area contributed by atoms with Crippen molar-refractivity contribution in [2.45, 2.75) is 31.7 Å². The Bertz CT molecular complexity index is 332. The van der Waals surface area contributed by atoms with Gasteiger partial charge in [0, 0.05) is 13.6 Å². The van der Waals surface area contributed by atoms with Crippen LogP contribution in [0.15, 0.2) is 0 Å². The van der Waals surface area contributed by atoms with Gasteiger partial charge in [-0.15, -0.1) is 0 Å². The van der Waals surface area contributed by atoms with E-state index < -0.39 is 29.8 Å². The summed E-state index contributed by atoms with van der Waals surface area (Å²) < 4.78 is 37.7. The molecule has 0 aliphatic heterocycles. The zero-order valence-electron chi connectivity index (χ0n) is 10.1. The first-order valence-electron chi connectivity index (χ1n) is 4.93. The summed E-state index contributed by atoms with van der Waals surface area (Å²) in [4.78, 5) is 22.8. The van der Waals surface area contributed by atoms with E-state index in [1.165, 1.54) is 12.2 Å². The summed E-state index contributed by atoms with van der Waals surface area (Å²) in [6.45, 7) is 1.47. The van der Waals surface area contributed by atoms with Crippen LogP contribution in [0, 0.1) is 0 Å². The van der Waals surface area contributed by atoms with Crippen LogP contribution in [-0.2, 0) is 4.79 Å². The number of carboxylic acid groups (broad SMARTS) is 1. The molecule has 0 aliphatic carbocycles. The number of urea groups is 1. The maximum absolute atomic E-state index is 12.6. The van der Waals surface area contributed by atoms with E-state index in [0.717, 1.165) is 11.9 Å². The van der Waals surface area contributed by atoms with E-state index in [4.69, 9.17) is 10.2 Å². The Hall–Kier alpha value is -1.51. The molecule has 106 valence electrons. The van der Waals surface area contributed by atoms with E-state index in [9.17, 15) is 22.8 Å². The summed E-state index contributed by atoms with van der Waals surface area (Å²) in [6, 6.07) is -1.24. The Morgan fingerprint density at radius 1 is 1.39 bits per heavy atom. The van der Waals surface area contributed by atoms with Crippen LogP contribution in [0.3, 0.4) is 0 Å². The van der Waals surface area contributed by atoms with Crippen molar-refractivity contribution in [3.8, 4) is 0 Å². The molecule has 0 aromatic carbocycles. The smallest absolute Gasteiger partial charge is 0.422 e. The number of aliphatic hydroxyl groups excluding tert-OH is 1. The molecule has 0 aromatic heterocycles. The van der Waals surface area contributed by atoms with Crippen molar-refractivity contribution >= 4 is 12.0 Å². The molecule has 0 spiro atoms.